The smallest absolute Gasteiger partial charge is 0.261 e. The van der Waals surface area contributed by atoms with Crippen LogP contribution in [0.2, 0.25) is 0 Å². The number of amides is 2. The Morgan fingerprint density at radius 3 is 2.38 bits per heavy atom. The van der Waals surface area contributed by atoms with Crippen LogP contribution >= 0.6 is 0 Å². The average Bonchev–Trinajstić information content (AvgIpc) is 2.69. The molecule has 2 aromatic carbocycles. The van der Waals surface area contributed by atoms with Crippen molar-refractivity contribution in [3.05, 3.63) is 59.2 Å². The van der Waals surface area contributed by atoms with Crippen molar-refractivity contribution in [1.29, 1.82) is 0 Å². The summed E-state index contributed by atoms with van der Waals surface area (Å²) in [6.45, 7) is 8.17. The van der Waals surface area contributed by atoms with Gasteiger partial charge in [0.1, 0.15) is 17.5 Å². The quantitative estimate of drug-likeness (QED) is 0.704. The van der Waals surface area contributed by atoms with Crippen molar-refractivity contribution in [2.75, 3.05) is 20.3 Å². The van der Waals surface area contributed by atoms with Gasteiger partial charge < -0.3 is 19.7 Å². The van der Waals surface area contributed by atoms with Gasteiger partial charge in [0.25, 0.3) is 5.91 Å². The molecule has 0 fully saturated rings. The van der Waals surface area contributed by atoms with Crippen LogP contribution in [-0.2, 0) is 16.1 Å². The normalized spacial score (nSPS) is 11.5. The largest absolute Gasteiger partial charge is 0.497 e. The van der Waals surface area contributed by atoms with Gasteiger partial charge in [0.05, 0.1) is 7.11 Å². The Bertz CT molecular complexity index is 830. The van der Waals surface area contributed by atoms with Crippen LogP contribution in [0.25, 0.3) is 0 Å². The fourth-order valence-corrected chi connectivity index (χ4v) is 3.12. The lowest BCUT2D eigenvalue weighted by molar-refractivity contribution is -0.142. The summed E-state index contributed by atoms with van der Waals surface area (Å²) in [6, 6.07) is 12.6. The highest BCUT2D eigenvalue weighted by molar-refractivity contribution is 5.87. The van der Waals surface area contributed by atoms with Crippen LogP contribution in [0, 0.1) is 13.8 Å². The molecule has 0 spiro atoms. The minimum atomic E-state index is -0.628. The third-order valence-corrected chi connectivity index (χ3v) is 4.56. The first-order valence-electron chi connectivity index (χ1n) is 9.75. The molecule has 2 rings (SSSR count). The number of carbonyl (C=O) groups excluding carboxylic acids is 2. The van der Waals surface area contributed by atoms with E-state index in [0.29, 0.717) is 18.0 Å². The molecule has 2 amide bonds. The highest BCUT2D eigenvalue weighted by atomic mass is 16.5. The Morgan fingerprint density at radius 2 is 1.76 bits per heavy atom. The van der Waals surface area contributed by atoms with Crippen LogP contribution in [0.3, 0.4) is 0 Å². The number of nitrogens with one attached hydrogen (secondary N) is 1. The van der Waals surface area contributed by atoms with Crippen LogP contribution in [-0.4, -0.2) is 43.0 Å². The van der Waals surface area contributed by atoms with E-state index < -0.39 is 6.04 Å². The molecule has 0 aliphatic rings. The van der Waals surface area contributed by atoms with Crippen LogP contribution in [0.1, 0.15) is 30.5 Å². The molecule has 0 saturated heterocycles. The van der Waals surface area contributed by atoms with E-state index >= 15 is 0 Å². The summed E-state index contributed by atoms with van der Waals surface area (Å²) in [4.78, 5) is 26.9. The summed E-state index contributed by atoms with van der Waals surface area (Å²) in [7, 11) is 1.59. The minimum absolute atomic E-state index is 0.142. The standard InChI is InChI=1S/C23H30N2O4/c1-6-24-23(27)18(4)25(14-19-8-7-9-20(13-19)28-5)22(26)15-29-21-11-16(2)10-17(3)12-21/h7-13,18H,6,14-15H2,1-5H3,(H,24,27)/t18-/m0/s1. The SMILES string of the molecule is CCNC(=O)[C@H](C)N(Cc1cccc(OC)c1)C(=O)COc1cc(C)cc(C)c1. The molecular weight excluding hydrogens is 368 g/mol. The number of benzene rings is 2. The Kier molecular flexibility index (Phi) is 8.07. The third kappa shape index (κ3) is 6.52. The van der Waals surface area contributed by atoms with E-state index in [-0.39, 0.29) is 25.0 Å². The molecular formula is C23H30N2O4. The first-order chi connectivity index (χ1) is 13.8. The monoisotopic (exact) mass is 398 g/mol. The molecule has 6 nitrogen and oxygen atoms in total. The van der Waals surface area contributed by atoms with Gasteiger partial charge in [-0.15, -0.1) is 0 Å². The van der Waals surface area contributed by atoms with Crippen molar-refractivity contribution in [3.63, 3.8) is 0 Å². The van der Waals surface area contributed by atoms with E-state index in [9.17, 15) is 9.59 Å². The van der Waals surface area contributed by atoms with Crippen LogP contribution in [0.15, 0.2) is 42.5 Å². The second kappa shape index (κ2) is 10.5. The third-order valence-electron chi connectivity index (χ3n) is 4.56. The predicted octanol–water partition coefficient (Wildman–Crippen LogP) is 3.24. The van der Waals surface area contributed by atoms with E-state index in [1.807, 2.05) is 63.2 Å². The van der Waals surface area contributed by atoms with Gasteiger partial charge in [-0.3, -0.25) is 9.59 Å². The summed E-state index contributed by atoms with van der Waals surface area (Å²) in [6.07, 6.45) is 0. The molecule has 2 aromatic rings. The van der Waals surface area contributed by atoms with Gasteiger partial charge in [-0.25, -0.2) is 0 Å². The highest BCUT2D eigenvalue weighted by Gasteiger charge is 2.26. The molecule has 0 saturated carbocycles. The number of hydrogen-bond donors (Lipinski definition) is 1. The zero-order valence-corrected chi connectivity index (χ0v) is 17.8. The Morgan fingerprint density at radius 1 is 1.07 bits per heavy atom. The number of carbonyl (C=O) groups is 2. The van der Waals surface area contributed by atoms with Gasteiger partial charge in [-0.05, 0) is 68.7 Å². The van der Waals surface area contributed by atoms with E-state index in [2.05, 4.69) is 5.32 Å². The lowest BCUT2D eigenvalue weighted by Gasteiger charge is -2.28. The van der Waals surface area contributed by atoms with E-state index in [1.165, 1.54) is 4.90 Å². The Balaban J connectivity index is 2.18. The molecule has 0 aliphatic carbocycles. The molecule has 156 valence electrons. The predicted molar refractivity (Wildman–Crippen MR) is 113 cm³/mol. The molecule has 0 aromatic heterocycles. The zero-order valence-electron chi connectivity index (χ0n) is 17.8. The molecule has 0 unspecified atom stereocenters. The molecule has 29 heavy (non-hydrogen) atoms. The number of likely N-dealkylation sites (N-methyl/N-ethyl adjacent to an activating group) is 1. The molecule has 0 bridgehead atoms. The lowest BCUT2D eigenvalue weighted by Crippen LogP contribution is -2.49. The van der Waals surface area contributed by atoms with E-state index in [1.54, 1.807) is 14.0 Å². The van der Waals surface area contributed by atoms with Crippen LogP contribution < -0.4 is 14.8 Å². The molecule has 6 heteroatoms. The Hall–Kier alpha value is -3.02. The second-order valence-corrected chi connectivity index (χ2v) is 7.06. The topological polar surface area (TPSA) is 67.9 Å². The number of aryl methyl sites for hydroxylation is 2. The van der Waals surface area contributed by atoms with Crippen molar-refractivity contribution in [2.24, 2.45) is 0 Å². The van der Waals surface area contributed by atoms with Crippen molar-refractivity contribution in [1.82, 2.24) is 10.2 Å². The lowest BCUT2D eigenvalue weighted by atomic mass is 10.1. The molecule has 1 N–H and O–H groups in total. The first kappa shape index (κ1) is 22.3. The van der Waals surface area contributed by atoms with Crippen molar-refractivity contribution >= 4 is 11.8 Å². The highest BCUT2D eigenvalue weighted by Crippen LogP contribution is 2.18. The fraction of sp³-hybridized carbons (Fsp3) is 0.391. The Labute approximate surface area is 172 Å². The molecule has 0 aliphatic heterocycles. The van der Waals surface area contributed by atoms with Crippen molar-refractivity contribution < 1.29 is 19.1 Å². The number of methoxy groups -OCH3 is 1. The van der Waals surface area contributed by atoms with Crippen LogP contribution in [0.5, 0.6) is 11.5 Å². The minimum Gasteiger partial charge on any atom is -0.497 e. The van der Waals surface area contributed by atoms with Gasteiger partial charge >= 0.3 is 0 Å². The average molecular weight is 399 g/mol. The summed E-state index contributed by atoms with van der Waals surface area (Å²) < 4.78 is 11.0. The number of nitrogens with zero attached hydrogens (tertiary/aromatic N) is 1. The van der Waals surface area contributed by atoms with E-state index in [0.717, 1.165) is 16.7 Å². The number of ether oxygens (including phenoxy) is 2. The van der Waals surface area contributed by atoms with Crippen molar-refractivity contribution in [2.45, 2.75) is 40.3 Å². The fourth-order valence-electron chi connectivity index (χ4n) is 3.12. The number of rotatable bonds is 9. The maximum absolute atomic E-state index is 13.0. The summed E-state index contributed by atoms with van der Waals surface area (Å²) in [5.41, 5.74) is 3.01. The molecule has 0 radical (unpaired) electrons. The van der Waals surface area contributed by atoms with Gasteiger partial charge in [0.2, 0.25) is 5.91 Å². The van der Waals surface area contributed by atoms with Gasteiger partial charge in [-0.1, -0.05) is 18.2 Å². The van der Waals surface area contributed by atoms with Crippen LogP contribution in [0.4, 0.5) is 0 Å². The molecule has 0 heterocycles. The maximum atomic E-state index is 13.0. The second-order valence-electron chi connectivity index (χ2n) is 7.06. The summed E-state index contributed by atoms with van der Waals surface area (Å²) in [5.74, 6) is 0.885. The summed E-state index contributed by atoms with van der Waals surface area (Å²) >= 11 is 0. The van der Waals surface area contributed by atoms with Gasteiger partial charge in [0, 0.05) is 13.1 Å². The summed E-state index contributed by atoms with van der Waals surface area (Å²) in [5, 5.41) is 2.78. The van der Waals surface area contributed by atoms with Gasteiger partial charge in [-0.2, -0.15) is 0 Å². The maximum Gasteiger partial charge on any atom is 0.261 e. The van der Waals surface area contributed by atoms with Crippen molar-refractivity contribution in [3.8, 4) is 11.5 Å². The van der Waals surface area contributed by atoms with E-state index in [4.69, 9.17) is 9.47 Å². The number of hydrogen-bond acceptors (Lipinski definition) is 4. The zero-order chi connectivity index (χ0) is 21.4. The van der Waals surface area contributed by atoms with Gasteiger partial charge in [0.15, 0.2) is 6.61 Å². The first-order valence-corrected chi connectivity index (χ1v) is 9.75. The molecule has 1 atom stereocenters.